The molecule has 0 radical (unpaired) electrons. The van der Waals surface area contributed by atoms with Crippen LogP contribution in [-0.4, -0.2) is 21.3 Å². The quantitative estimate of drug-likeness (QED) is 0.613. The molecule has 3 aromatic rings. The molecule has 1 aromatic heterocycles. The van der Waals surface area contributed by atoms with Crippen LogP contribution in [0.15, 0.2) is 47.6 Å². The van der Waals surface area contributed by atoms with Gasteiger partial charge in [-0.2, -0.15) is 0 Å². The third-order valence-corrected chi connectivity index (χ3v) is 6.19. The van der Waals surface area contributed by atoms with Crippen molar-refractivity contribution < 1.29 is 9.50 Å². The van der Waals surface area contributed by atoms with E-state index in [2.05, 4.69) is 17.6 Å². The number of aromatic nitrogens is 2. The maximum atomic E-state index is 13.4. The first-order chi connectivity index (χ1) is 13.0. The number of thiol groups is 1. The van der Waals surface area contributed by atoms with Crippen LogP contribution in [0.3, 0.4) is 0 Å². The van der Waals surface area contributed by atoms with Crippen molar-refractivity contribution in [3.8, 4) is 5.69 Å². The van der Waals surface area contributed by atoms with Gasteiger partial charge in [0.15, 0.2) is 5.16 Å². The van der Waals surface area contributed by atoms with E-state index in [9.17, 15) is 9.50 Å². The number of aliphatic hydroxyl groups is 1. The molecule has 0 spiro atoms. The lowest BCUT2D eigenvalue weighted by molar-refractivity contribution is 0.197. The van der Waals surface area contributed by atoms with Gasteiger partial charge in [-0.25, -0.2) is 9.37 Å². The Balaban J connectivity index is 1.98. The molecule has 6 heteroatoms. The van der Waals surface area contributed by atoms with Gasteiger partial charge in [0.25, 0.3) is 0 Å². The highest BCUT2D eigenvalue weighted by molar-refractivity contribution is 7.80. The summed E-state index contributed by atoms with van der Waals surface area (Å²) in [5.41, 5.74) is 4.00. The summed E-state index contributed by atoms with van der Waals surface area (Å²) in [5.74, 6) is -0.296. The molecule has 140 valence electrons. The molecule has 0 fully saturated rings. The molecule has 1 unspecified atom stereocenters. The van der Waals surface area contributed by atoms with Crippen molar-refractivity contribution in [3.05, 3.63) is 75.8 Å². The standard InChI is InChI=1S/C21H20ClFN2OS/c1-13-11-14(4-9-17(13)22)21(12-26)10-2-3-18-19(21)25(20(27)24-18)16-7-5-15(23)6-8-16/h4-9,11,26H,2-3,10,12H2,1H3,(H,24,27). The maximum absolute atomic E-state index is 13.4. The minimum atomic E-state index is -0.606. The van der Waals surface area contributed by atoms with Crippen LogP contribution in [0.2, 0.25) is 5.02 Å². The van der Waals surface area contributed by atoms with Crippen LogP contribution in [0.1, 0.15) is 35.4 Å². The molecular weight excluding hydrogens is 383 g/mol. The summed E-state index contributed by atoms with van der Waals surface area (Å²) in [6, 6.07) is 12.1. The first-order valence-corrected chi connectivity index (χ1v) is 9.73. The third kappa shape index (κ3) is 2.98. The molecule has 1 N–H and O–H groups in total. The first kappa shape index (κ1) is 18.5. The van der Waals surface area contributed by atoms with Crippen molar-refractivity contribution in [2.75, 3.05) is 6.61 Å². The zero-order valence-corrected chi connectivity index (χ0v) is 16.6. The summed E-state index contributed by atoms with van der Waals surface area (Å²) in [5, 5.41) is 11.8. The third-order valence-electron chi connectivity index (χ3n) is 5.47. The van der Waals surface area contributed by atoms with Crippen LogP contribution in [0.4, 0.5) is 4.39 Å². The molecule has 0 aliphatic heterocycles. The molecule has 1 heterocycles. The second kappa shape index (κ2) is 6.97. The van der Waals surface area contributed by atoms with Gasteiger partial charge in [-0.1, -0.05) is 23.7 Å². The number of benzene rings is 2. The molecule has 4 rings (SSSR count). The largest absolute Gasteiger partial charge is 0.395 e. The van der Waals surface area contributed by atoms with Crippen molar-refractivity contribution in [2.45, 2.75) is 36.8 Å². The normalized spacial score (nSPS) is 19.1. The van der Waals surface area contributed by atoms with Crippen LogP contribution in [0.25, 0.3) is 5.69 Å². The average molecular weight is 403 g/mol. The van der Waals surface area contributed by atoms with Crippen molar-refractivity contribution in [3.63, 3.8) is 0 Å². The van der Waals surface area contributed by atoms with E-state index in [0.717, 1.165) is 47.5 Å². The Kier molecular flexibility index (Phi) is 4.78. The van der Waals surface area contributed by atoms with Gasteiger partial charge >= 0.3 is 0 Å². The van der Waals surface area contributed by atoms with Crippen LogP contribution in [0.5, 0.6) is 0 Å². The van der Waals surface area contributed by atoms with E-state index in [4.69, 9.17) is 11.6 Å². The van der Waals surface area contributed by atoms with Crippen LogP contribution in [-0.2, 0) is 11.8 Å². The lowest BCUT2D eigenvalue weighted by atomic mass is 9.70. The molecule has 2 aromatic carbocycles. The number of hydrogen-bond acceptors (Lipinski definition) is 3. The number of nitrogens with zero attached hydrogens (tertiary/aromatic N) is 2. The highest BCUT2D eigenvalue weighted by Gasteiger charge is 2.42. The SMILES string of the molecule is Cc1cc(C2(CO)CCCc3nc(S)n(-c4ccc(F)cc4)c32)ccc1Cl. The zero-order valence-electron chi connectivity index (χ0n) is 14.9. The Morgan fingerprint density at radius 3 is 2.67 bits per heavy atom. The van der Waals surface area contributed by atoms with Crippen molar-refractivity contribution in [2.24, 2.45) is 0 Å². The Labute approximate surface area is 168 Å². The van der Waals surface area contributed by atoms with Crippen molar-refractivity contribution >= 4 is 24.2 Å². The lowest BCUT2D eigenvalue weighted by Gasteiger charge is -2.37. The molecular formula is C21H20ClFN2OS. The Morgan fingerprint density at radius 1 is 1.26 bits per heavy atom. The minimum absolute atomic E-state index is 0.0544. The molecule has 3 nitrogen and oxygen atoms in total. The van der Waals surface area contributed by atoms with Crippen LogP contribution < -0.4 is 0 Å². The predicted octanol–water partition coefficient (Wildman–Crippen LogP) is 4.88. The topological polar surface area (TPSA) is 38.1 Å². The smallest absolute Gasteiger partial charge is 0.169 e. The summed E-state index contributed by atoms with van der Waals surface area (Å²) in [6.07, 6.45) is 2.53. The van der Waals surface area contributed by atoms with Gasteiger partial charge in [0.2, 0.25) is 0 Å². The molecule has 1 atom stereocenters. The lowest BCUT2D eigenvalue weighted by Crippen LogP contribution is -2.38. The Morgan fingerprint density at radius 2 is 2.00 bits per heavy atom. The number of aliphatic hydroxyl groups excluding tert-OH is 1. The number of halogens is 2. The van der Waals surface area contributed by atoms with Gasteiger partial charge in [-0.05, 0) is 67.6 Å². The molecule has 1 aliphatic carbocycles. The van der Waals surface area contributed by atoms with Gasteiger partial charge in [-0.15, -0.1) is 12.6 Å². The van der Waals surface area contributed by atoms with E-state index in [1.54, 1.807) is 12.1 Å². The maximum Gasteiger partial charge on any atom is 0.169 e. The van der Waals surface area contributed by atoms with E-state index in [1.165, 1.54) is 12.1 Å². The number of aryl methyl sites for hydroxylation is 2. The summed E-state index contributed by atoms with van der Waals surface area (Å²) in [4.78, 5) is 4.65. The first-order valence-electron chi connectivity index (χ1n) is 8.91. The number of imidazole rings is 1. The Hall–Kier alpha value is -1.82. The second-order valence-corrected chi connectivity index (χ2v) is 7.88. The highest BCUT2D eigenvalue weighted by atomic mass is 35.5. The summed E-state index contributed by atoms with van der Waals surface area (Å²) < 4.78 is 15.4. The fraction of sp³-hybridized carbons (Fsp3) is 0.286. The minimum Gasteiger partial charge on any atom is -0.395 e. The molecule has 0 amide bonds. The van der Waals surface area contributed by atoms with E-state index in [0.29, 0.717) is 10.2 Å². The van der Waals surface area contributed by atoms with E-state index in [1.807, 2.05) is 29.7 Å². The summed E-state index contributed by atoms with van der Waals surface area (Å²) in [7, 11) is 0. The average Bonchev–Trinajstić information content (AvgIpc) is 3.01. The van der Waals surface area contributed by atoms with E-state index >= 15 is 0 Å². The summed E-state index contributed by atoms with van der Waals surface area (Å²) in [6.45, 7) is 1.91. The number of fused-ring (bicyclic) bond motifs is 1. The number of hydrogen-bond donors (Lipinski definition) is 2. The molecule has 27 heavy (non-hydrogen) atoms. The molecule has 0 bridgehead atoms. The fourth-order valence-corrected chi connectivity index (χ4v) is 4.55. The number of rotatable bonds is 3. The van der Waals surface area contributed by atoms with Crippen LogP contribution >= 0.6 is 24.2 Å². The monoisotopic (exact) mass is 402 g/mol. The van der Waals surface area contributed by atoms with E-state index < -0.39 is 5.41 Å². The molecule has 1 aliphatic rings. The summed E-state index contributed by atoms with van der Waals surface area (Å²) >= 11 is 10.8. The van der Waals surface area contributed by atoms with Crippen LogP contribution in [0, 0.1) is 12.7 Å². The van der Waals surface area contributed by atoms with Gasteiger partial charge in [0.05, 0.1) is 23.4 Å². The highest BCUT2D eigenvalue weighted by Crippen LogP contribution is 2.45. The second-order valence-electron chi connectivity index (χ2n) is 7.08. The molecule has 0 saturated carbocycles. The Bertz CT molecular complexity index is 1000. The predicted molar refractivity (Wildman–Crippen MR) is 108 cm³/mol. The van der Waals surface area contributed by atoms with Gasteiger partial charge < -0.3 is 5.11 Å². The fourth-order valence-electron chi connectivity index (χ4n) is 4.10. The van der Waals surface area contributed by atoms with Gasteiger partial charge in [0, 0.05) is 10.7 Å². The van der Waals surface area contributed by atoms with Crippen molar-refractivity contribution in [1.29, 1.82) is 0 Å². The van der Waals surface area contributed by atoms with Gasteiger partial charge in [0.1, 0.15) is 5.82 Å². The molecule has 0 saturated heterocycles. The van der Waals surface area contributed by atoms with Crippen molar-refractivity contribution in [1.82, 2.24) is 9.55 Å². The van der Waals surface area contributed by atoms with Gasteiger partial charge in [-0.3, -0.25) is 4.57 Å². The van der Waals surface area contributed by atoms with E-state index in [-0.39, 0.29) is 12.4 Å². The zero-order chi connectivity index (χ0) is 19.2.